The molecule has 0 bridgehead atoms. The first-order valence-electron chi connectivity index (χ1n) is 9.47. The molecule has 0 unspecified atom stereocenters. The summed E-state index contributed by atoms with van der Waals surface area (Å²) < 4.78 is 0. The zero-order valence-electron chi connectivity index (χ0n) is 17.3. The fourth-order valence-corrected chi connectivity index (χ4v) is 2.71. The van der Waals surface area contributed by atoms with E-state index in [0.29, 0.717) is 0 Å². The van der Waals surface area contributed by atoms with Crippen LogP contribution in [0.25, 0.3) is 0 Å². The predicted molar refractivity (Wildman–Crippen MR) is 109 cm³/mol. The third kappa shape index (κ3) is 8.53. The quantitative estimate of drug-likeness (QED) is 0.373. The van der Waals surface area contributed by atoms with Crippen molar-refractivity contribution in [1.82, 2.24) is 16.0 Å². The van der Waals surface area contributed by atoms with Crippen LogP contribution in [0.4, 0.5) is 0 Å². The standard InChI is InChI=1S/C20H40N4/c1-9-13-23-16(5)19(22-12-4)18(15-21-8)24-20(6,7)14-17(10-2)11-3/h14,21-23H,9-13,15H2,1-8H3/b19-16+,24-18+. The Hall–Kier alpha value is -1.29. The first-order chi connectivity index (χ1) is 11.3. The van der Waals surface area contributed by atoms with Gasteiger partial charge in [0.1, 0.15) is 0 Å². The number of rotatable bonds is 12. The molecule has 0 amide bonds. The van der Waals surface area contributed by atoms with Crippen LogP contribution < -0.4 is 16.0 Å². The number of allylic oxidation sites excluding steroid dienone is 2. The third-order valence-electron chi connectivity index (χ3n) is 3.89. The summed E-state index contributed by atoms with van der Waals surface area (Å²) in [5.74, 6) is 0. The lowest BCUT2D eigenvalue weighted by Crippen LogP contribution is -2.34. The molecule has 0 aromatic rings. The fourth-order valence-electron chi connectivity index (χ4n) is 2.71. The second-order valence-electron chi connectivity index (χ2n) is 6.71. The zero-order valence-corrected chi connectivity index (χ0v) is 17.3. The number of hydrogen-bond donors (Lipinski definition) is 3. The molecular weight excluding hydrogens is 296 g/mol. The largest absolute Gasteiger partial charge is 0.387 e. The first kappa shape index (κ1) is 22.7. The molecule has 4 nitrogen and oxygen atoms in total. The Morgan fingerprint density at radius 2 is 1.67 bits per heavy atom. The number of hydrogen-bond acceptors (Lipinski definition) is 4. The van der Waals surface area contributed by atoms with Gasteiger partial charge in [-0.05, 0) is 54.0 Å². The average Bonchev–Trinajstić information content (AvgIpc) is 2.54. The Morgan fingerprint density at radius 1 is 1.04 bits per heavy atom. The number of nitrogens with one attached hydrogen (secondary N) is 3. The minimum atomic E-state index is -0.209. The molecule has 0 aliphatic carbocycles. The molecule has 0 spiro atoms. The van der Waals surface area contributed by atoms with Crippen molar-refractivity contribution in [2.45, 2.75) is 73.3 Å². The molecule has 0 rings (SSSR count). The van der Waals surface area contributed by atoms with E-state index < -0.39 is 0 Å². The summed E-state index contributed by atoms with van der Waals surface area (Å²) in [6.45, 7) is 17.9. The van der Waals surface area contributed by atoms with Crippen LogP contribution in [0.5, 0.6) is 0 Å². The van der Waals surface area contributed by atoms with Crippen LogP contribution in [0.2, 0.25) is 0 Å². The smallest absolute Gasteiger partial charge is 0.0757 e. The Labute approximate surface area is 150 Å². The summed E-state index contributed by atoms with van der Waals surface area (Å²) in [6.07, 6.45) is 5.61. The number of aliphatic imine (C=N–C) groups is 1. The van der Waals surface area contributed by atoms with E-state index in [1.165, 1.54) is 11.3 Å². The zero-order chi connectivity index (χ0) is 18.6. The van der Waals surface area contributed by atoms with E-state index in [1.54, 1.807) is 0 Å². The monoisotopic (exact) mass is 336 g/mol. The summed E-state index contributed by atoms with van der Waals surface area (Å²) in [5.41, 5.74) is 4.62. The van der Waals surface area contributed by atoms with Crippen LogP contribution in [0.15, 0.2) is 28.0 Å². The maximum Gasteiger partial charge on any atom is 0.0757 e. The molecule has 0 saturated heterocycles. The lowest BCUT2D eigenvalue weighted by atomic mass is 9.98. The van der Waals surface area contributed by atoms with E-state index in [-0.39, 0.29) is 5.54 Å². The number of nitrogens with zero attached hydrogens (tertiary/aromatic N) is 1. The van der Waals surface area contributed by atoms with Gasteiger partial charge in [0.05, 0.1) is 16.9 Å². The van der Waals surface area contributed by atoms with Crippen LogP contribution in [0.1, 0.15) is 67.7 Å². The Bertz CT molecular complexity index is 439. The summed E-state index contributed by atoms with van der Waals surface area (Å²) in [4.78, 5) is 5.10. The van der Waals surface area contributed by atoms with Gasteiger partial charge in [-0.3, -0.25) is 4.99 Å². The second kappa shape index (κ2) is 12.1. The van der Waals surface area contributed by atoms with Crippen molar-refractivity contribution < 1.29 is 0 Å². The van der Waals surface area contributed by atoms with Crippen LogP contribution >= 0.6 is 0 Å². The highest BCUT2D eigenvalue weighted by Crippen LogP contribution is 2.19. The minimum absolute atomic E-state index is 0.209. The van der Waals surface area contributed by atoms with Gasteiger partial charge in [-0.1, -0.05) is 32.4 Å². The van der Waals surface area contributed by atoms with Crippen molar-refractivity contribution >= 4 is 5.71 Å². The van der Waals surface area contributed by atoms with Crippen molar-refractivity contribution in [3.8, 4) is 0 Å². The van der Waals surface area contributed by atoms with Crippen LogP contribution in [0, 0.1) is 0 Å². The first-order valence-corrected chi connectivity index (χ1v) is 9.47. The van der Waals surface area contributed by atoms with Gasteiger partial charge in [0, 0.05) is 25.3 Å². The SMILES string of the molecule is CCCN/C(C)=C(NCC)\C(CNC)=N\C(C)(C)C=C(CC)CC. The van der Waals surface area contributed by atoms with Crippen molar-refractivity contribution in [3.05, 3.63) is 23.0 Å². The van der Waals surface area contributed by atoms with Crippen molar-refractivity contribution in [2.75, 3.05) is 26.7 Å². The fraction of sp³-hybridized carbons (Fsp3) is 0.750. The predicted octanol–water partition coefficient (Wildman–Crippen LogP) is 4.01. The molecule has 0 atom stereocenters. The Kier molecular flexibility index (Phi) is 11.5. The van der Waals surface area contributed by atoms with Gasteiger partial charge in [0.2, 0.25) is 0 Å². The van der Waals surface area contributed by atoms with E-state index in [9.17, 15) is 0 Å². The van der Waals surface area contributed by atoms with Crippen molar-refractivity contribution in [2.24, 2.45) is 4.99 Å². The molecular formula is C20H40N4. The van der Waals surface area contributed by atoms with E-state index in [0.717, 1.165) is 50.3 Å². The molecule has 0 heterocycles. The lowest BCUT2D eigenvalue weighted by Gasteiger charge is -2.23. The molecule has 0 aliphatic heterocycles. The lowest BCUT2D eigenvalue weighted by molar-refractivity contribution is 0.640. The van der Waals surface area contributed by atoms with Gasteiger partial charge in [-0.15, -0.1) is 0 Å². The van der Waals surface area contributed by atoms with Gasteiger partial charge in [-0.25, -0.2) is 0 Å². The van der Waals surface area contributed by atoms with E-state index in [4.69, 9.17) is 4.99 Å². The van der Waals surface area contributed by atoms with E-state index >= 15 is 0 Å². The summed E-state index contributed by atoms with van der Waals surface area (Å²) in [5, 5.41) is 10.3. The maximum atomic E-state index is 5.10. The van der Waals surface area contributed by atoms with Gasteiger partial charge in [0.25, 0.3) is 0 Å². The van der Waals surface area contributed by atoms with Gasteiger partial charge in [-0.2, -0.15) is 0 Å². The molecule has 0 radical (unpaired) electrons. The van der Waals surface area contributed by atoms with Crippen molar-refractivity contribution in [1.29, 1.82) is 0 Å². The highest BCUT2D eigenvalue weighted by molar-refractivity contribution is 6.02. The Morgan fingerprint density at radius 3 is 2.12 bits per heavy atom. The summed E-state index contributed by atoms with van der Waals surface area (Å²) in [7, 11) is 1.97. The van der Waals surface area contributed by atoms with Gasteiger partial charge < -0.3 is 16.0 Å². The van der Waals surface area contributed by atoms with E-state index in [1.807, 2.05) is 7.05 Å². The summed E-state index contributed by atoms with van der Waals surface area (Å²) >= 11 is 0. The second-order valence-corrected chi connectivity index (χ2v) is 6.71. The molecule has 0 aromatic carbocycles. The van der Waals surface area contributed by atoms with E-state index in [2.05, 4.69) is 70.5 Å². The molecule has 3 N–H and O–H groups in total. The topological polar surface area (TPSA) is 48.4 Å². The molecule has 140 valence electrons. The average molecular weight is 337 g/mol. The highest BCUT2D eigenvalue weighted by Gasteiger charge is 2.18. The van der Waals surface area contributed by atoms with Gasteiger partial charge in [0.15, 0.2) is 0 Å². The molecule has 0 aromatic heterocycles. The summed E-state index contributed by atoms with van der Waals surface area (Å²) in [6, 6.07) is 0. The van der Waals surface area contributed by atoms with Crippen LogP contribution in [-0.4, -0.2) is 37.9 Å². The highest BCUT2D eigenvalue weighted by atomic mass is 15.0. The molecule has 0 aliphatic rings. The third-order valence-corrected chi connectivity index (χ3v) is 3.89. The normalized spacial score (nSPS) is 13.4. The molecule has 4 heteroatoms. The van der Waals surface area contributed by atoms with Crippen LogP contribution in [-0.2, 0) is 0 Å². The Balaban J connectivity index is 5.81. The molecule has 0 fully saturated rings. The van der Waals surface area contributed by atoms with Crippen molar-refractivity contribution in [3.63, 3.8) is 0 Å². The maximum absolute atomic E-state index is 5.10. The molecule has 24 heavy (non-hydrogen) atoms. The minimum Gasteiger partial charge on any atom is -0.387 e. The van der Waals surface area contributed by atoms with Crippen LogP contribution in [0.3, 0.4) is 0 Å². The van der Waals surface area contributed by atoms with Gasteiger partial charge >= 0.3 is 0 Å². The molecule has 0 saturated carbocycles.